The molecule has 1 atom stereocenters. The van der Waals surface area contributed by atoms with E-state index in [1.54, 1.807) is 18.4 Å². The largest absolute Gasteiger partial charge is 0.444 e. The van der Waals surface area contributed by atoms with Crippen molar-refractivity contribution >= 4 is 29.9 Å². The molecule has 7 heteroatoms. The minimum Gasteiger partial charge on any atom is -0.444 e. The van der Waals surface area contributed by atoms with Gasteiger partial charge in [-0.25, -0.2) is 4.98 Å². The van der Waals surface area contributed by atoms with Gasteiger partial charge in [-0.3, -0.25) is 4.79 Å². The van der Waals surface area contributed by atoms with Crippen molar-refractivity contribution in [2.24, 2.45) is 11.7 Å². The molecule has 0 aliphatic carbocycles. The zero-order valence-electron chi connectivity index (χ0n) is 12.6. The number of nitrogens with two attached hydrogens (primary N) is 1. The molecule has 1 aliphatic heterocycles. The van der Waals surface area contributed by atoms with Gasteiger partial charge >= 0.3 is 0 Å². The van der Waals surface area contributed by atoms with E-state index in [1.165, 1.54) is 0 Å². The van der Waals surface area contributed by atoms with Crippen molar-refractivity contribution in [1.29, 1.82) is 0 Å². The molecule has 1 fully saturated rings. The van der Waals surface area contributed by atoms with E-state index in [9.17, 15) is 4.79 Å². The van der Waals surface area contributed by atoms with Crippen LogP contribution in [-0.2, 0) is 11.2 Å². The minimum absolute atomic E-state index is 0. The first-order valence-corrected chi connectivity index (χ1v) is 7.71. The Morgan fingerprint density at radius 3 is 2.78 bits per heavy atom. The number of likely N-dealkylation sites (tertiary alicyclic amines) is 1. The first-order valence-electron chi connectivity index (χ1n) is 7.34. The first-order chi connectivity index (χ1) is 10.7. The number of nitrogens with zero attached hydrogens (tertiary/aromatic N) is 2. The molecule has 2 aromatic rings. The van der Waals surface area contributed by atoms with Crippen LogP contribution in [0.15, 0.2) is 34.9 Å². The lowest BCUT2D eigenvalue weighted by atomic mass is 10.1. The second-order valence-electron chi connectivity index (χ2n) is 5.56. The van der Waals surface area contributed by atoms with Crippen molar-refractivity contribution in [1.82, 2.24) is 9.88 Å². The lowest BCUT2D eigenvalue weighted by molar-refractivity contribution is -0.129. The van der Waals surface area contributed by atoms with Crippen LogP contribution >= 0.6 is 24.0 Å². The zero-order valence-corrected chi connectivity index (χ0v) is 14.1. The molecule has 2 heterocycles. The van der Waals surface area contributed by atoms with Crippen LogP contribution in [0.3, 0.4) is 0 Å². The Balaban J connectivity index is 0.00000192. The Morgan fingerprint density at radius 1 is 1.39 bits per heavy atom. The summed E-state index contributed by atoms with van der Waals surface area (Å²) in [6.45, 7) is 2.16. The summed E-state index contributed by atoms with van der Waals surface area (Å²) in [4.78, 5) is 18.5. The van der Waals surface area contributed by atoms with Gasteiger partial charge in [0.2, 0.25) is 11.8 Å². The molecule has 0 spiro atoms. The number of benzene rings is 1. The normalized spacial score (nSPS) is 17.1. The van der Waals surface area contributed by atoms with E-state index < -0.39 is 0 Å². The molecule has 1 aliphatic rings. The average Bonchev–Trinajstić information content (AvgIpc) is 3.17. The Morgan fingerprint density at radius 2 is 2.13 bits per heavy atom. The summed E-state index contributed by atoms with van der Waals surface area (Å²) in [6, 6.07) is 7.24. The summed E-state index contributed by atoms with van der Waals surface area (Å²) >= 11 is 5.86. The monoisotopic (exact) mass is 355 g/mol. The molecule has 1 aromatic carbocycles. The molecule has 1 amide bonds. The van der Waals surface area contributed by atoms with Crippen molar-refractivity contribution < 1.29 is 9.21 Å². The van der Waals surface area contributed by atoms with Gasteiger partial charge in [-0.1, -0.05) is 11.6 Å². The summed E-state index contributed by atoms with van der Waals surface area (Å²) in [7, 11) is 0. The highest BCUT2D eigenvalue weighted by Gasteiger charge is 2.25. The molecule has 124 valence electrons. The molecular formula is C16H19Cl2N3O2. The number of amides is 1. The van der Waals surface area contributed by atoms with Gasteiger partial charge in [-0.05, 0) is 43.1 Å². The standard InChI is InChI=1S/C16H18ClN3O2.ClH/c17-13-3-1-12(2-4-13)16-19-14(10-22-16)7-15(21)20-6-5-11(8-18)9-20;/h1-4,10-11H,5-9,18H2;1H. The second-order valence-corrected chi connectivity index (χ2v) is 5.99. The molecule has 5 nitrogen and oxygen atoms in total. The van der Waals surface area contributed by atoms with Gasteiger partial charge in [0.25, 0.3) is 0 Å². The highest BCUT2D eigenvalue weighted by Crippen LogP contribution is 2.22. The van der Waals surface area contributed by atoms with Crippen molar-refractivity contribution in [2.45, 2.75) is 12.8 Å². The van der Waals surface area contributed by atoms with Gasteiger partial charge in [0.05, 0.1) is 12.1 Å². The molecule has 0 radical (unpaired) electrons. The fourth-order valence-corrected chi connectivity index (χ4v) is 2.76. The molecule has 3 rings (SSSR count). The van der Waals surface area contributed by atoms with E-state index in [2.05, 4.69) is 4.98 Å². The fraction of sp³-hybridized carbons (Fsp3) is 0.375. The van der Waals surface area contributed by atoms with Crippen molar-refractivity contribution in [3.05, 3.63) is 41.2 Å². The maximum Gasteiger partial charge on any atom is 0.228 e. The van der Waals surface area contributed by atoms with Crippen LogP contribution < -0.4 is 5.73 Å². The number of aromatic nitrogens is 1. The van der Waals surface area contributed by atoms with Crippen LogP contribution in [0, 0.1) is 5.92 Å². The number of halogens is 2. The predicted molar refractivity (Wildman–Crippen MR) is 91.6 cm³/mol. The highest BCUT2D eigenvalue weighted by molar-refractivity contribution is 6.30. The molecular weight excluding hydrogens is 337 g/mol. The van der Waals surface area contributed by atoms with E-state index in [1.807, 2.05) is 17.0 Å². The van der Waals surface area contributed by atoms with Gasteiger partial charge < -0.3 is 15.1 Å². The third kappa shape index (κ3) is 4.25. The third-order valence-electron chi connectivity index (χ3n) is 3.95. The Bertz CT molecular complexity index is 658. The molecule has 0 saturated carbocycles. The van der Waals surface area contributed by atoms with Crippen molar-refractivity contribution in [3.63, 3.8) is 0 Å². The molecule has 2 N–H and O–H groups in total. The van der Waals surface area contributed by atoms with Crippen LogP contribution in [-0.4, -0.2) is 35.4 Å². The van der Waals surface area contributed by atoms with Gasteiger partial charge in [-0.2, -0.15) is 0 Å². The summed E-state index contributed by atoms with van der Waals surface area (Å²) in [6.07, 6.45) is 2.78. The Labute approximate surface area is 146 Å². The van der Waals surface area contributed by atoms with Crippen molar-refractivity contribution in [2.75, 3.05) is 19.6 Å². The average molecular weight is 356 g/mol. The maximum absolute atomic E-state index is 12.3. The van der Waals surface area contributed by atoms with E-state index in [-0.39, 0.29) is 24.7 Å². The Hall–Kier alpha value is -1.56. The zero-order chi connectivity index (χ0) is 15.5. The number of carbonyl (C=O) groups is 1. The minimum atomic E-state index is 0. The topological polar surface area (TPSA) is 72.4 Å². The second kappa shape index (κ2) is 7.81. The fourth-order valence-electron chi connectivity index (χ4n) is 2.63. The van der Waals surface area contributed by atoms with Gasteiger partial charge in [0, 0.05) is 23.7 Å². The molecule has 1 aromatic heterocycles. The molecule has 0 bridgehead atoms. The van der Waals surface area contributed by atoms with Gasteiger partial charge in [0.1, 0.15) is 6.26 Å². The number of carbonyl (C=O) groups excluding carboxylic acids is 1. The van der Waals surface area contributed by atoms with Crippen LogP contribution in [0.4, 0.5) is 0 Å². The van der Waals surface area contributed by atoms with Crippen LogP contribution in [0.2, 0.25) is 5.02 Å². The lowest BCUT2D eigenvalue weighted by Gasteiger charge is -2.15. The van der Waals surface area contributed by atoms with E-state index in [0.29, 0.717) is 29.1 Å². The van der Waals surface area contributed by atoms with E-state index in [4.69, 9.17) is 21.8 Å². The highest BCUT2D eigenvalue weighted by atomic mass is 35.5. The number of hydrogen-bond donors (Lipinski definition) is 1. The van der Waals surface area contributed by atoms with Gasteiger partial charge in [-0.15, -0.1) is 12.4 Å². The number of hydrogen-bond acceptors (Lipinski definition) is 4. The van der Waals surface area contributed by atoms with Crippen LogP contribution in [0.1, 0.15) is 12.1 Å². The quantitative estimate of drug-likeness (QED) is 0.914. The Kier molecular flexibility index (Phi) is 6.04. The van der Waals surface area contributed by atoms with Crippen LogP contribution in [0.25, 0.3) is 11.5 Å². The van der Waals surface area contributed by atoms with E-state index in [0.717, 1.165) is 25.1 Å². The van der Waals surface area contributed by atoms with Gasteiger partial charge in [0.15, 0.2) is 0 Å². The smallest absolute Gasteiger partial charge is 0.228 e. The van der Waals surface area contributed by atoms with Crippen molar-refractivity contribution in [3.8, 4) is 11.5 Å². The predicted octanol–water partition coefficient (Wildman–Crippen LogP) is 2.77. The number of oxazole rings is 1. The first kappa shape index (κ1) is 17.8. The molecule has 1 saturated heterocycles. The van der Waals surface area contributed by atoms with Crippen LogP contribution in [0.5, 0.6) is 0 Å². The summed E-state index contributed by atoms with van der Waals surface area (Å²) in [5.74, 6) is 0.999. The summed E-state index contributed by atoms with van der Waals surface area (Å²) < 4.78 is 5.45. The molecule has 1 unspecified atom stereocenters. The molecule has 23 heavy (non-hydrogen) atoms. The summed E-state index contributed by atoms with van der Waals surface area (Å²) in [5.41, 5.74) is 7.14. The third-order valence-corrected chi connectivity index (χ3v) is 4.20. The lowest BCUT2D eigenvalue weighted by Crippen LogP contribution is -2.31. The van der Waals surface area contributed by atoms with E-state index >= 15 is 0 Å². The number of rotatable bonds is 4. The maximum atomic E-state index is 12.3. The SMILES string of the molecule is Cl.NCC1CCN(C(=O)Cc2coc(-c3ccc(Cl)cc3)n2)C1. The summed E-state index contributed by atoms with van der Waals surface area (Å²) in [5, 5.41) is 0.661.